The van der Waals surface area contributed by atoms with Crippen molar-refractivity contribution < 1.29 is 4.39 Å². The van der Waals surface area contributed by atoms with Crippen LogP contribution < -0.4 is 5.32 Å². The van der Waals surface area contributed by atoms with Crippen molar-refractivity contribution in [3.63, 3.8) is 0 Å². The van der Waals surface area contributed by atoms with Crippen LogP contribution in [-0.4, -0.2) is 25.1 Å². The molecule has 1 aliphatic rings. The van der Waals surface area contributed by atoms with Gasteiger partial charge < -0.3 is 10.3 Å². The molecule has 1 aliphatic carbocycles. The Morgan fingerprint density at radius 2 is 1.97 bits per heavy atom. The predicted octanol–water partition coefficient (Wildman–Crippen LogP) is 7.37. The number of anilines is 1. The number of H-pyrrole nitrogens is 2. The molecular formula is C28H21FN6S. The number of hydrogen-bond donors (Lipinski definition) is 3. The Morgan fingerprint density at radius 1 is 1.06 bits per heavy atom. The van der Waals surface area contributed by atoms with Gasteiger partial charge in [0.1, 0.15) is 11.2 Å². The highest BCUT2D eigenvalue weighted by molar-refractivity contribution is 7.14. The molecule has 7 rings (SSSR count). The minimum atomic E-state index is -0.196. The van der Waals surface area contributed by atoms with Crippen LogP contribution in [0.1, 0.15) is 12.8 Å². The molecule has 36 heavy (non-hydrogen) atoms. The second-order valence-corrected chi connectivity index (χ2v) is 10.1. The molecule has 5 aromatic heterocycles. The lowest BCUT2D eigenvalue weighted by molar-refractivity contribution is 0.657. The number of nitrogens with one attached hydrogen (secondary N) is 3. The zero-order chi connectivity index (χ0) is 24.2. The molecule has 0 atom stereocenters. The fourth-order valence-corrected chi connectivity index (χ4v) is 5.34. The lowest BCUT2D eigenvalue weighted by Crippen LogP contribution is -2.00. The number of halogens is 1. The largest absolute Gasteiger partial charge is 0.358 e. The molecule has 0 unspecified atom stereocenters. The van der Waals surface area contributed by atoms with Gasteiger partial charge in [-0.1, -0.05) is 18.7 Å². The van der Waals surface area contributed by atoms with Gasteiger partial charge in [-0.15, -0.1) is 11.3 Å². The first-order valence-electron chi connectivity index (χ1n) is 11.8. The minimum absolute atomic E-state index is 0.196. The summed E-state index contributed by atoms with van der Waals surface area (Å²) in [4.78, 5) is 13.7. The number of nitrogens with zero attached hydrogens (tertiary/aromatic N) is 3. The third-order valence-corrected chi connectivity index (χ3v) is 7.48. The number of thiophene rings is 1. The van der Waals surface area contributed by atoms with E-state index < -0.39 is 0 Å². The quantitative estimate of drug-likeness (QED) is 0.227. The smallest absolute Gasteiger partial charge is 0.176 e. The van der Waals surface area contributed by atoms with Crippen molar-refractivity contribution in [3.8, 4) is 33.1 Å². The van der Waals surface area contributed by atoms with Gasteiger partial charge >= 0.3 is 0 Å². The number of benzene rings is 1. The van der Waals surface area contributed by atoms with Crippen LogP contribution in [0.15, 0.2) is 79.3 Å². The van der Waals surface area contributed by atoms with Crippen molar-refractivity contribution in [3.05, 3.63) is 84.4 Å². The molecule has 0 spiro atoms. The number of aromatic amines is 2. The summed E-state index contributed by atoms with van der Waals surface area (Å²) >= 11 is 1.14. The zero-order valence-corrected chi connectivity index (χ0v) is 20.0. The summed E-state index contributed by atoms with van der Waals surface area (Å²) in [7, 11) is 0. The monoisotopic (exact) mass is 492 g/mol. The fraction of sp³-hybridized carbons (Fsp3) is 0.107. The molecule has 0 radical (unpaired) electrons. The lowest BCUT2D eigenvalue weighted by atomic mass is 10.1. The molecule has 0 amide bonds. The van der Waals surface area contributed by atoms with Crippen LogP contribution in [-0.2, 0) is 0 Å². The van der Waals surface area contributed by atoms with Gasteiger partial charge in [0, 0.05) is 38.8 Å². The molecule has 1 fully saturated rings. The second kappa shape index (κ2) is 8.13. The van der Waals surface area contributed by atoms with E-state index in [0.29, 0.717) is 5.92 Å². The van der Waals surface area contributed by atoms with E-state index in [2.05, 4.69) is 38.1 Å². The first-order chi connectivity index (χ1) is 17.6. The van der Waals surface area contributed by atoms with E-state index in [4.69, 9.17) is 4.98 Å². The van der Waals surface area contributed by atoms with E-state index in [1.54, 1.807) is 6.20 Å². The standard InChI is InChI=1S/C28H21FN6S/c1-15(16-5-6-16)31-18-11-17(13-30-14-18)21-7-8-23-27(33-21)28(35-34-23)24-12-20-19(3-2-4-22(20)32-24)25-9-10-26(29)36-25/h2-4,7-14,16,31-32H,1,5-6H2,(H,34,35). The van der Waals surface area contributed by atoms with E-state index in [1.165, 1.54) is 18.9 Å². The zero-order valence-electron chi connectivity index (χ0n) is 19.2. The molecule has 0 aliphatic heterocycles. The molecule has 6 aromatic rings. The second-order valence-electron chi connectivity index (χ2n) is 9.11. The van der Waals surface area contributed by atoms with Crippen molar-refractivity contribution in [2.75, 3.05) is 5.32 Å². The van der Waals surface area contributed by atoms with Crippen molar-refractivity contribution in [2.24, 2.45) is 5.92 Å². The van der Waals surface area contributed by atoms with Gasteiger partial charge in [0.15, 0.2) is 5.13 Å². The molecular weight excluding hydrogens is 471 g/mol. The Kier molecular flexibility index (Phi) is 4.75. The van der Waals surface area contributed by atoms with Gasteiger partial charge in [-0.25, -0.2) is 4.98 Å². The molecule has 6 nitrogen and oxygen atoms in total. The summed E-state index contributed by atoms with van der Waals surface area (Å²) in [6.07, 6.45) is 6.01. The van der Waals surface area contributed by atoms with Crippen LogP contribution >= 0.6 is 11.3 Å². The summed E-state index contributed by atoms with van der Waals surface area (Å²) in [5, 5.41) is 11.9. The molecule has 0 saturated heterocycles. The SMILES string of the molecule is C=C(Nc1cncc(-c2ccc3[nH]nc(-c4cc5c(-c6ccc(F)s6)cccc5[nH]4)c3n2)c1)C1CC1. The first-order valence-corrected chi connectivity index (χ1v) is 12.6. The maximum Gasteiger partial charge on any atom is 0.176 e. The Hall–Kier alpha value is -4.30. The number of allylic oxidation sites excluding steroid dienone is 1. The Labute approximate surface area is 209 Å². The number of rotatable bonds is 6. The van der Waals surface area contributed by atoms with E-state index in [-0.39, 0.29) is 5.13 Å². The fourth-order valence-electron chi connectivity index (χ4n) is 4.57. The number of hydrogen-bond acceptors (Lipinski definition) is 5. The molecule has 5 heterocycles. The Balaban J connectivity index is 1.28. The topological polar surface area (TPSA) is 82.3 Å². The normalized spacial score (nSPS) is 13.5. The van der Waals surface area contributed by atoms with Crippen molar-refractivity contribution in [2.45, 2.75) is 12.8 Å². The summed E-state index contributed by atoms with van der Waals surface area (Å²) in [6.45, 7) is 4.15. The molecule has 3 N–H and O–H groups in total. The summed E-state index contributed by atoms with van der Waals surface area (Å²) < 4.78 is 13.7. The molecule has 1 saturated carbocycles. The molecule has 176 valence electrons. The lowest BCUT2D eigenvalue weighted by Gasteiger charge is -2.09. The summed E-state index contributed by atoms with van der Waals surface area (Å²) in [6, 6.07) is 17.4. The van der Waals surface area contributed by atoms with Crippen LogP contribution in [0.25, 0.3) is 55.0 Å². The van der Waals surface area contributed by atoms with Gasteiger partial charge in [0.2, 0.25) is 0 Å². The van der Waals surface area contributed by atoms with Crippen molar-refractivity contribution in [1.29, 1.82) is 0 Å². The number of pyridine rings is 2. The van der Waals surface area contributed by atoms with E-state index in [1.807, 2.05) is 48.7 Å². The van der Waals surface area contributed by atoms with Crippen LogP contribution in [0.2, 0.25) is 0 Å². The summed E-state index contributed by atoms with van der Waals surface area (Å²) in [5.74, 6) is 0.562. The van der Waals surface area contributed by atoms with E-state index >= 15 is 0 Å². The van der Waals surface area contributed by atoms with E-state index in [9.17, 15) is 4.39 Å². The van der Waals surface area contributed by atoms with Gasteiger partial charge in [-0.3, -0.25) is 10.1 Å². The van der Waals surface area contributed by atoms with Crippen LogP contribution in [0.5, 0.6) is 0 Å². The summed E-state index contributed by atoms with van der Waals surface area (Å²) in [5.41, 5.74) is 8.81. The van der Waals surface area contributed by atoms with Gasteiger partial charge in [0.25, 0.3) is 0 Å². The van der Waals surface area contributed by atoms with Crippen LogP contribution in [0.3, 0.4) is 0 Å². The van der Waals surface area contributed by atoms with Gasteiger partial charge in [-0.2, -0.15) is 9.49 Å². The van der Waals surface area contributed by atoms with Crippen LogP contribution in [0.4, 0.5) is 10.1 Å². The maximum atomic E-state index is 13.7. The average Bonchev–Trinajstić information content (AvgIpc) is 3.30. The van der Waals surface area contributed by atoms with Gasteiger partial charge in [-0.05, 0) is 61.2 Å². The number of aromatic nitrogens is 5. The van der Waals surface area contributed by atoms with Crippen molar-refractivity contribution >= 4 is 39.0 Å². The molecule has 8 heteroatoms. The van der Waals surface area contributed by atoms with Crippen molar-refractivity contribution in [1.82, 2.24) is 25.1 Å². The highest BCUT2D eigenvalue weighted by atomic mass is 32.1. The molecule has 0 bridgehead atoms. The third kappa shape index (κ3) is 3.67. The minimum Gasteiger partial charge on any atom is -0.358 e. The predicted molar refractivity (Wildman–Crippen MR) is 143 cm³/mol. The van der Waals surface area contributed by atoms with Gasteiger partial charge in [0.05, 0.1) is 28.8 Å². The highest BCUT2D eigenvalue weighted by Crippen LogP contribution is 2.37. The molecule has 1 aromatic carbocycles. The average molecular weight is 493 g/mol. The first kappa shape index (κ1) is 21.0. The number of fused-ring (bicyclic) bond motifs is 2. The third-order valence-electron chi connectivity index (χ3n) is 6.57. The van der Waals surface area contributed by atoms with E-state index in [0.717, 1.165) is 77.7 Å². The Bertz CT molecular complexity index is 1770. The Morgan fingerprint density at radius 3 is 2.81 bits per heavy atom. The maximum absolute atomic E-state index is 13.7. The van der Waals surface area contributed by atoms with Crippen LogP contribution in [0, 0.1) is 11.0 Å². The highest BCUT2D eigenvalue weighted by Gasteiger charge is 2.24.